The zero-order chi connectivity index (χ0) is 13.2. The Balaban J connectivity index is 2.21. The fraction of sp³-hybridized carbons (Fsp3) is 0.500. The molecule has 0 N–H and O–H groups in total. The highest BCUT2D eigenvalue weighted by Gasteiger charge is 2.00. The molecule has 1 rings (SSSR count). The van der Waals surface area contributed by atoms with Crippen molar-refractivity contribution in [2.75, 3.05) is 18.1 Å². The third-order valence-corrected chi connectivity index (χ3v) is 3.96. The largest absolute Gasteiger partial charge is 0.494 e. The number of nitriles is 1. The van der Waals surface area contributed by atoms with Crippen LogP contribution in [0.2, 0.25) is 0 Å². The first kappa shape index (κ1) is 14.7. The predicted octanol–water partition coefficient (Wildman–Crippen LogP) is 2.88. The maximum atomic E-state index is 11.5. The van der Waals surface area contributed by atoms with Gasteiger partial charge in [0.1, 0.15) is 5.75 Å². The van der Waals surface area contributed by atoms with E-state index in [1.54, 1.807) is 18.2 Å². The van der Waals surface area contributed by atoms with Gasteiger partial charge in [-0.2, -0.15) is 5.26 Å². The van der Waals surface area contributed by atoms with Gasteiger partial charge < -0.3 is 4.74 Å². The Hall–Kier alpha value is -1.34. The molecule has 0 heterocycles. The Bertz CT molecular complexity index is 426. The lowest BCUT2D eigenvalue weighted by Crippen LogP contribution is -2.07. The Morgan fingerprint density at radius 2 is 2.11 bits per heavy atom. The van der Waals surface area contributed by atoms with Crippen LogP contribution in [0.15, 0.2) is 24.3 Å². The van der Waals surface area contributed by atoms with E-state index in [-0.39, 0.29) is 0 Å². The molecule has 0 aliphatic heterocycles. The van der Waals surface area contributed by atoms with Crippen LogP contribution < -0.4 is 4.74 Å². The molecule has 0 aliphatic carbocycles. The lowest BCUT2D eigenvalue weighted by Gasteiger charge is -2.06. The van der Waals surface area contributed by atoms with E-state index < -0.39 is 10.8 Å². The molecule has 0 bridgehead atoms. The average Bonchev–Trinajstić information content (AvgIpc) is 2.41. The maximum absolute atomic E-state index is 11.5. The van der Waals surface area contributed by atoms with Crippen molar-refractivity contribution in [3.05, 3.63) is 29.8 Å². The molecular weight excluding hydrogens is 246 g/mol. The van der Waals surface area contributed by atoms with Crippen LogP contribution in [0.25, 0.3) is 0 Å². The highest BCUT2D eigenvalue weighted by atomic mass is 32.2. The van der Waals surface area contributed by atoms with Crippen LogP contribution in [0.3, 0.4) is 0 Å². The van der Waals surface area contributed by atoms with E-state index in [1.807, 2.05) is 6.07 Å². The normalized spacial score (nSPS) is 11.8. The van der Waals surface area contributed by atoms with Gasteiger partial charge in [0.2, 0.25) is 0 Å². The summed E-state index contributed by atoms with van der Waals surface area (Å²) in [6.07, 6.45) is 2.90. The van der Waals surface area contributed by atoms with Crippen LogP contribution in [0, 0.1) is 11.3 Å². The second kappa shape index (κ2) is 8.71. The van der Waals surface area contributed by atoms with Gasteiger partial charge in [-0.15, -0.1) is 0 Å². The summed E-state index contributed by atoms with van der Waals surface area (Å²) in [6.45, 7) is 2.65. The summed E-state index contributed by atoms with van der Waals surface area (Å²) in [5.41, 5.74) is 0.596. The van der Waals surface area contributed by atoms with E-state index in [9.17, 15) is 4.21 Å². The van der Waals surface area contributed by atoms with E-state index in [1.165, 1.54) is 0 Å². The summed E-state index contributed by atoms with van der Waals surface area (Å²) >= 11 is 0. The first-order valence-electron chi connectivity index (χ1n) is 6.24. The molecule has 1 aromatic carbocycles. The van der Waals surface area contributed by atoms with Crippen LogP contribution in [0.4, 0.5) is 0 Å². The fourth-order valence-corrected chi connectivity index (χ4v) is 2.73. The SMILES string of the molecule is CCCCS(=O)CCCOc1cccc(C#N)c1. The molecule has 18 heavy (non-hydrogen) atoms. The van der Waals surface area contributed by atoms with Crippen LogP contribution in [-0.4, -0.2) is 22.3 Å². The number of ether oxygens (including phenoxy) is 1. The molecule has 0 fully saturated rings. The van der Waals surface area contributed by atoms with Gasteiger partial charge in [-0.3, -0.25) is 4.21 Å². The molecule has 0 amide bonds. The minimum atomic E-state index is -0.716. The van der Waals surface area contributed by atoms with Crippen molar-refractivity contribution >= 4 is 10.8 Å². The topological polar surface area (TPSA) is 50.1 Å². The first-order chi connectivity index (χ1) is 8.76. The molecule has 0 radical (unpaired) electrons. The van der Waals surface area contributed by atoms with E-state index >= 15 is 0 Å². The van der Waals surface area contributed by atoms with Crippen molar-refractivity contribution in [3.8, 4) is 11.8 Å². The van der Waals surface area contributed by atoms with Crippen LogP contribution >= 0.6 is 0 Å². The first-order valence-corrected chi connectivity index (χ1v) is 7.73. The number of nitrogens with zero attached hydrogens (tertiary/aromatic N) is 1. The van der Waals surface area contributed by atoms with Crippen molar-refractivity contribution in [2.45, 2.75) is 26.2 Å². The van der Waals surface area contributed by atoms with Crippen molar-refractivity contribution in [2.24, 2.45) is 0 Å². The Labute approximate surface area is 111 Å². The van der Waals surface area contributed by atoms with Gasteiger partial charge in [-0.25, -0.2) is 0 Å². The third-order valence-electron chi connectivity index (χ3n) is 2.47. The lowest BCUT2D eigenvalue weighted by atomic mass is 10.2. The van der Waals surface area contributed by atoms with E-state index in [2.05, 4.69) is 13.0 Å². The molecule has 4 heteroatoms. The number of benzene rings is 1. The highest BCUT2D eigenvalue weighted by molar-refractivity contribution is 7.84. The van der Waals surface area contributed by atoms with Gasteiger partial charge in [-0.05, 0) is 31.0 Å². The summed E-state index contributed by atoms with van der Waals surface area (Å²) in [6, 6.07) is 9.16. The summed E-state index contributed by atoms with van der Waals surface area (Å²) in [5, 5.41) is 8.74. The molecule has 1 atom stereocenters. The van der Waals surface area contributed by atoms with Crippen molar-refractivity contribution < 1.29 is 8.95 Å². The molecular formula is C14H19NO2S. The molecule has 0 saturated heterocycles. The standard InChI is InChI=1S/C14H19NO2S/c1-2-3-9-18(16)10-5-8-17-14-7-4-6-13(11-14)12-15/h4,6-7,11H,2-3,5,8-10H2,1H3. The summed E-state index contributed by atoms with van der Waals surface area (Å²) < 4.78 is 17.0. The minimum absolute atomic E-state index is 0.548. The molecule has 98 valence electrons. The van der Waals surface area contributed by atoms with Crippen molar-refractivity contribution in [1.82, 2.24) is 0 Å². The third kappa shape index (κ3) is 5.83. The lowest BCUT2D eigenvalue weighted by molar-refractivity contribution is 0.318. The number of unbranched alkanes of at least 4 members (excludes halogenated alkanes) is 1. The highest BCUT2D eigenvalue weighted by Crippen LogP contribution is 2.12. The molecule has 0 saturated carbocycles. The number of rotatable bonds is 8. The molecule has 3 nitrogen and oxygen atoms in total. The molecule has 0 aliphatic rings. The van der Waals surface area contributed by atoms with Crippen LogP contribution in [0.5, 0.6) is 5.75 Å². The number of hydrogen-bond acceptors (Lipinski definition) is 3. The van der Waals surface area contributed by atoms with Gasteiger partial charge in [0.25, 0.3) is 0 Å². The van der Waals surface area contributed by atoms with Crippen molar-refractivity contribution in [3.63, 3.8) is 0 Å². The van der Waals surface area contributed by atoms with E-state index in [0.29, 0.717) is 23.7 Å². The number of hydrogen-bond donors (Lipinski definition) is 0. The van der Waals surface area contributed by atoms with Gasteiger partial charge >= 0.3 is 0 Å². The summed E-state index contributed by atoms with van der Waals surface area (Å²) in [5.74, 6) is 2.19. The zero-order valence-corrected chi connectivity index (χ0v) is 11.5. The van der Waals surface area contributed by atoms with Crippen LogP contribution in [0.1, 0.15) is 31.7 Å². The van der Waals surface area contributed by atoms with Gasteiger partial charge in [0.05, 0.1) is 18.2 Å². The Morgan fingerprint density at radius 3 is 2.83 bits per heavy atom. The quantitative estimate of drug-likeness (QED) is 0.679. The van der Waals surface area contributed by atoms with E-state index in [4.69, 9.17) is 10.00 Å². The van der Waals surface area contributed by atoms with Gasteiger partial charge in [-0.1, -0.05) is 19.4 Å². The van der Waals surface area contributed by atoms with Crippen LogP contribution in [-0.2, 0) is 10.8 Å². The zero-order valence-electron chi connectivity index (χ0n) is 10.7. The maximum Gasteiger partial charge on any atom is 0.120 e. The fourth-order valence-electron chi connectivity index (χ4n) is 1.47. The smallest absolute Gasteiger partial charge is 0.120 e. The second-order valence-electron chi connectivity index (χ2n) is 4.04. The summed E-state index contributed by atoms with van der Waals surface area (Å²) in [4.78, 5) is 0. The Kier molecular flexibility index (Phi) is 7.12. The molecule has 0 aromatic heterocycles. The molecule has 1 unspecified atom stereocenters. The monoisotopic (exact) mass is 265 g/mol. The van der Waals surface area contributed by atoms with Gasteiger partial charge in [0.15, 0.2) is 0 Å². The molecule has 0 spiro atoms. The molecule has 1 aromatic rings. The minimum Gasteiger partial charge on any atom is -0.494 e. The summed E-state index contributed by atoms with van der Waals surface area (Å²) in [7, 11) is -0.716. The predicted molar refractivity (Wildman–Crippen MR) is 74.1 cm³/mol. The second-order valence-corrected chi connectivity index (χ2v) is 5.74. The van der Waals surface area contributed by atoms with Gasteiger partial charge in [0, 0.05) is 22.3 Å². The average molecular weight is 265 g/mol. The van der Waals surface area contributed by atoms with Crippen molar-refractivity contribution in [1.29, 1.82) is 5.26 Å². The van der Waals surface area contributed by atoms with E-state index in [0.717, 1.165) is 25.0 Å². The Morgan fingerprint density at radius 1 is 1.33 bits per heavy atom.